The largest absolute Gasteiger partial charge is 0.427 e. The van der Waals surface area contributed by atoms with Gasteiger partial charge in [0.2, 0.25) is 5.17 Å². The van der Waals surface area contributed by atoms with Crippen molar-refractivity contribution in [3.63, 3.8) is 0 Å². The lowest BCUT2D eigenvalue weighted by atomic mass is 10.1. The molecule has 144 valence electrons. The Labute approximate surface area is 171 Å². The molecule has 1 amide bonds. The molecule has 1 N–H and O–H groups in total. The van der Waals surface area contributed by atoms with Gasteiger partial charge < -0.3 is 4.74 Å². The Morgan fingerprint density at radius 3 is 2.48 bits per heavy atom. The predicted octanol–water partition coefficient (Wildman–Crippen LogP) is 3.59. The summed E-state index contributed by atoms with van der Waals surface area (Å²) >= 11 is 1.27. The van der Waals surface area contributed by atoms with Crippen LogP contribution >= 0.6 is 11.8 Å². The molecule has 2 aromatic rings. The van der Waals surface area contributed by atoms with Crippen LogP contribution in [0, 0.1) is 12.3 Å². The summed E-state index contributed by atoms with van der Waals surface area (Å²) in [7, 11) is 0. The Bertz CT molecular complexity index is 1120. The molecular weight excluding hydrogens is 388 g/mol. The number of amides is 1. The van der Waals surface area contributed by atoms with Gasteiger partial charge in [0.25, 0.3) is 5.91 Å². The molecule has 0 fully saturated rings. The van der Waals surface area contributed by atoms with Gasteiger partial charge in [0, 0.05) is 12.5 Å². The van der Waals surface area contributed by atoms with Gasteiger partial charge in [-0.15, -0.1) is 0 Å². The zero-order valence-corrected chi connectivity index (χ0v) is 16.5. The first-order valence-electron chi connectivity index (χ1n) is 8.76. The van der Waals surface area contributed by atoms with E-state index in [2.05, 4.69) is 10.1 Å². The summed E-state index contributed by atoms with van der Waals surface area (Å²) in [6.45, 7) is 3.33. The first-order valence-corrected chi connectivity index (χ1v) is 9.58. The number of aryl methyl sites for hydroxylation is 1. The fraction of sp³-hybridized carbons (Fsp3) is 0.0952. The Morgan fingerprint density at radius 2 is 1.83 bits per heavy atom. The highest BCUT2D eigenvalue weighted by atomic mass is 32.2. The molecule has 0 atom stereocenters. The van der Waals surface area contributed by atoms with Crippen molar-refractivity contribution in [1.29, 1.82) is 5.41 Å². The highest BCUT2D eigenvalue weighted by molar-refractivity contribution is 8.27. The maximum Gasteiger partial charge on any atom is 0.308 e. The summed E-state index contributed by atoms with van der Waals surface area (Å²) in [6, 6.07) is 14.5. The summed E-state index contributed by atoms with van der Waals surface area (Å²) < 4.78 is 5.00. The molecule has 0 saturated heterocycles. The van der Waals surface area contributed by atoms with E-state index in [9.17, 15) is 9.59 Å². The highest BCUT2D eigenvalue weighted by Gasteiger charge is 2.35. The van der Waals surface area contributed by atoms with Crippen LogP contribution < -0.4 is 4.74 Å². The number of amidine groups is 2. The average molecular weight is 404 g/mol. The van der Waals surface area contributed by atoms with E-state index in [1.807, 2.05) is 31.2 Å². The maximum atomic E-state index is 12.5. The van der Waals surface area contributed by atoms with Crippen LogP contribution in [-0.4, -0.2) is 32.9 Å². The monoisotopic (exact) mass is 404 g/mol. The minimum absolute atomic E-state index is 0.0290. The lowest BCUT2D eigenvalue weighted by Crippen LogP contribution is -2.35. The van der Waals surface area contributed by atoms with Crippen LogP contribution in [0.5, 0.6) is 5.75 Å². The van der Waals surface area contributed by atoms with E-state index in [1.165, 1.54) is 23.7 Å². The van der Waals surface area contributed by atoms with Crippen molar-refractivity contribution in [1.82, 2.24) is 5.01 Å². The van der Waals surface area contributed by atoms with Crippen LogP contribution in [0.1, 0.15) is 23.6 Å². The van der Waals surface area contributed by atoms with Gasteiger partial charge in [-0.3, -0.25) is 15.0 Å². The average Bonchev–Trinajstić information content (AvgIpc) is 3.10. The van der Waals surface area contributed by atoms with Crippen molar-refractivity contribution in [3.8, 4) is 5.75 Å². The number of benzene rings is 2. The Kier molecular flexibility index (Phi) is 4.85. The number of ether oxygens (including phenoxy) is 1. The summed E-state index contributed by atoms with van der Waals surface area (Å²) in [4.78, 5) is 27.6. The van der Waals surface area contributed by atoms with E-state index in [1.54, 1.807) is 30.3 Å². The predicted molar refractivity (Wildman–Crippen MR) is 113 cm³/mol. The second-order valence-electron chi connectivity index (χ2n) is 6.45. The molecule has 2 aromatic carbocycles. The molecule has 0 aromatic heterocycles. The molecular formula is C21H16N4O3S. The number of nitrogens with one attached hydrogen (secondary N) is 1. The topological polar surface area (TPSA) is 95.2 Å². The van der Waals surface area contributed by atoms with E-state index in [0.29, 0.717) is 21.5 Å². The standard InChI is InChI=1S/C21H16N4O3S/c1-12-3-7-15(8-4-12)20-24-25-18(22)17(19(27)23-21(25)29-20)11-14-5-9-16(10-6-14)28-13(2)26/h3-11,22H,1-2H3/b17-11-,22-18?. The number of thioether (sulfide) groups is 1. The molecule has 0 aliphatic carbocycles. The number of nitrogens with zero attached hydrogens (tertiary/aromatic N) is 3. The zero-order valence-electron chi connectivity index (χ0n) is 15.7. The lowest BCUT2D eigenvalue weighted by molar-refractivity contribution is -0.131. The van der Waals surface area contributed by atoms with Crippen LogP contribution in [0.2, 0.25) is 0 Å². The number of carbonyl (C=O) groups excluding carboxylic acids is 2. The van der Waals surface area contributed by atoms with Gasteiger partial charge in [0.15, 0.2) is 5.84 Å². The lowest BCUT2D eigenvalue weighted by Gasteiger charge is -2.20. The van der Waals surface area contributed by atoms with E-state index >= 15 is 0 Å². The SMILES string of the molecule is CC(=O)Oc1ccc(/C=C2/C(=N)N3N=C(c4ccc(C)cc4)SC3=NC2=O)cc1. The third-order valence-corrected chi connectivity index (χ3v) is 5.16. The van der Waals surface area contributed by atoms with Crippen LogP contribution in [0.25, 0.3) is 6.08 Å². The first-order chi connectivity index (χ1) is 13.9. The molecule has 0 radical (unpaired) electrons. The molecule has 2 heterocycles. The molecule has 29 heavy (non-hydrogen) atoms. The number of aliphatic imine (C=N–C) groups is 1. The molecule has 0 unspecified atom stereocenters. The Balaban J connectivity index is 1.61. The number of hydrazone groups is 1. The first kappa shape index (κ1) is 18.8. The number of hydrogen-bond acceptors (Lipinski definition) is 6. The number of rotatable bonds is 3. The smallest absolute Gasteiger partial charge is 0.308 e. The molecule has 0 spiro atoms. The van der Waals surface area contributed by atoms with Crippen molar-refractivity contribution in [2.24, 2.45) is 10.1 Å². The molecule has 8 heteroatoms. The highest BCUT2D eigenvalue weighted by Crippen LogP contribution is 2.31. The number of hydrogen-bond donors (Lipinski definition) is 1. The molecule has 7 nitrogen and oxygen atoms in total. The fourth-order valence-corrected chi connectivity index (χ4v) is 3.67. The van der Waals surface area contributed by atoms with Crippen LogP contribution in [0.3, 0.4) is 0 Å². The summed E-state index contributed by atoms with van der Waals surface area (Å²) in [5, 5.41) is 15.3. The van der Waals surface area contributed by atoms with E-state index in [4.69, 9.17) is 10.1 Å². The van der Waals surface area contributed by atoms with Crippen molar-refractivity contribution in [2.75, 3.05) is 0 Å². The minimum atomic E-state index is -0.488. The summed E-state index contributed by atoms with van der Waals surface area (Å²) in [5.41, 5.74) is 2.87. The van der Waals surface area contributed by atoms with Gasteiger partial charge in [-0.1, -0.05) is 42.0 Å². The molecule has 0 bridgehead atoms. The normalized spacial score (nSPS) is 17.2. The van der Waals surface area contributed by atoms with Gasteiger partial charge in [0.05, 0.1) is 5.57 Å². The molecule has 2 aliphatic heterocycles. The van der Waals surface area contributed by atoms with E-state index in [-0.39, 0.29) is 11.4 Å². The van der Waals surface area contributed by atoms with Gasteiger partial charge in [-0.25, -0.2) is 0 Å². The number of fused-ring (bicyclic) bond motifs is 1. The van der Waals surface area contributed by atoms with Crippen LogP contribution in [-0.2, 0) is 9.59 Å². The molecule has 0 saturated carbocycles. The summed E-state index contributed by atoms with van der Waals surface area (Å²) in [5.74, 6) is -0.513. The Morgan fingerprint density at radius 1 is 1.14 bits per heavy atom. The fourth-order valence-electron chi connectivity index (χ4n) is 2.77. The second kappa shape index (κ2) is 7.48. The summed E-state index contributed by atoms with van der Waals surface area (Å²) in [6.07, 6.45) is 1.58. The third-order valence-electron chi connectivity index (χ3n) is 4.21. The number of esters is 1. The Hall–Kier alpha value is -3.52. The van der Waals surface area contributed by atoms with Gasteiger partial charge in [0.1, 0.15) is 10.8 Å². The van der Waals surface area contributed by atoms with Gasteiger partial charge >= 0.3 is 5.97 Å². The van der Waals surface area contributed by atoms with Gasteiger partial charge in [-0.2, -0.15) is 15.1 Å². The zero-order chi connectivity index (χ0) is 20.5. The quantitative estimate of drug-likeness (QED) is 0.479. The third kappa shape index (κ3) is 3.88. The van der Waals surface area contributed by atoms with Crippen molar-refractivity contribution < 1.29 is 14.3 Å². The maximum absolute atomic E-state index is 12.5. The van der Waals surface area contributed by atoms with E-state index in [0.717, 1.165) is 11.1 Å². The van der Waals surface area contributed by atoms with Gasteiger partial charge in [-0.05, 0) is 42.5 Å². The van der Waals surface area contributed by atoms with Crippen molar-refractivity contribution in [3.05, 3.63) is 70.8 Å². The molecule has 4 rings (SSSR count). The molecule has 2 aliphatic rings. The van der Waals surface area contributed by atoms with E-state index < -0.39 is 11.9 Å². The van der Waals surface area contributed by atoms with Crippen LogP contribution in [0.15, 0.2) is 64.2 Å². The van der Waals surface area contributed by atoms with Crippen molar-refractivity contribution >= 4 is 45.8 Å². The van der Waals surface area contributed by atoms with Crippen molar-refractivity contribution in [2.45, 2.75) is 13.8 Å². The minimum Gasteiger partial charge on any atom is -0.427 e. The van der Waals surface area contributed by atoms with Crippen LogP contribution in [0.4, 0.5) is 0 Å². The second-order valence-corrected chi connectivity index (χ2v) is 7.41. The number of carbonyl (C=O) groups is 2.